The summed E-state index contributed by atoms with van der Waals surface area (Å²) in [5.41, 5.74) is 1.91. The van der Waals surface area contributed by atoms with Gasteiger partial charge in [0.25, 0.3) is 0 Å². The molecule has 0 saturated carbocycles. The molecule has 6 heteroatoms. The van der Waals surface area contributed by atoms with E-state index >= 15 is 0 Å². The zero-order chi connectivity index (χ0) is 16.9. The molecule has 0 radical (unpaired) electrons. The summed E-state index contributed by atoms with van der Waals surface area (Å²) in [6.45, 7) is 0.924. The van der Waals surface area contributed by atoms with Crippen molar-refractivity contribution in [2.45, 2.75) is 12.6 Å². The normalized spacial score (nSPS) is 16.2. The van der Waals surface area contributed by atoms with E-state index in [2.05, 4.69) is 10.6 Å². The van der Waals surface area contributed by atoms with Crippen LogP contribution in [0, 0.1) is 0 Å². The van der Waals surface area contributed by atoms with Gasteiger partial charge >= 0.3 is 6.03 Å². The molecule has 1 atom stereocenters. The Morgan fingerprint density at radius 1 is 1.04 bits per heavy atom. The van der Waals surface area contributed by atoms with Crippen LogP contribution in [0.15, 0.2) is 42.5 Å². The molecule has 1 heterocycles. The van der Waals surface area contributed by atoms with Crippen LogP contribution in [0.2, 0.25) is 0 Å². The summed E-state index contributed by atoms with van der Waals surface area (Å²) in [4.78, 5) is 11.5. The summed E-state index contributed by atoms with van der Waals surface area (Å²) in [5.74, 6) is 1.84. The summed E-state index contributed by atoms with van der Waals surface area (Å²) in [5, 5.41) is 5.63. The van der Waals surface area contributed by atoms with Gasteiger partial charge in [0.2, 0.25) is 0 Å². The van der Waals surface area contributed by atoms with Crippen molar-refractivity contribution < 1.29 is 19.0 Å². The van der Waals surface area contributed by atoms with E-state index in [0.29, 0.717) is 30.4 Å². The summed E-state index contributed by atoms with van der Waals surface area (Å²) >= 11 is 0. The lowest BCUT2D eigenvalue weighted by molar-refractivity contribution is 0.247. The molecule has 2 aromatic carbocycles. The molecule has 0 aliphatic carbocycles. The van der Waals surface area contributed by atoms with E-state index in [0.717, 1.165) is 11.1 Å². The number of hydrogen-bond donors (Lipinski definition) is 2. The first-order valence-corrected chi connectivity index (χ1v) is 7.68. The van der Waals surface area contributed by atoms with Gasteiger partial charge in [-0.3, -0.25) is 0 Å². The second-order valence-corrected chi connectivity index (χ2v) is 5.43. The molecule has 24 heavy (non-hydrogen) atoms. The summed E-state index contributed by atoms with van der Waals surface area (Å²) in [7, 11) is 3.16. The third-order valence-electron chi connectivity index (χ3n) is 3.90. The zero-order valence-corrected chi connectivity index (χ0v) is 13.7. The number of benzene rings is 2. The largest absolute Gasteiger partial charge is 0.493 e. The van der Waals surface area contributed by atoms with Gasteiger partial charge < -0.3 is 24.8 Å². The quantitative estimate of drug-likeness (QED) is 0.855. The maximum absolute atomic E-state index is 11.5. The first-order chi connectivity index (χ1) is 11.7. The zero-order valence-electron chi connectivity index (χ0n) is 13.7. The molecule has 2 N–H and O–H groups in total. The molecule has 1 aliphatic rings. The van der Waals surface area contributed by atoms with Crippen molar-refractivity contribution in [1.82, 2.24) is 10.6 Å². The predicted molar refractivity (Wildman–Crippen MR) is 89.6 cm³/mol. The second kappa shape index (κ2) is 7.12. The maximum atomic E-state index is 11.5. The third kappa shape index (κ3) is 3.37. The monoisotopic (exact) mass is 328 g/mol. The van der Waals surface area contributed by atoms with Crippen molar-refractivity contribution in [1.29, 1.82) is 0 Å². The molecule has 0 spiro atoms. The van der Waals surface area contributed by atoms with Gasteiger partial charge in [-0.25, -0.2) is 4.79 Å². The fourth-order valence-corrected chi connectivity index (χ4v) is 2.65. The number of carbonyl (C=O) groups excluding carboxylic acids is 1. The first kappa shape index (κ1) is 16.0. The lowest BCUT2D eigenvalue weighted by Crippen LogP contribution is -2.22. The van der Waals surface area contributed by atoms with Gasteiger partial charge in [-0.15, -0.1) is 0 Å². The van der Waals surface area contributed by atoms with Crippen molar-refractivity contribution in [2.75, 3.05) is 20.8 Å². The second-order valence-electron chi connectivity index (χ2n) is 5.43. The molecule has 2 aromatic rings. The van der Waals surface area contributed by atoms with Crippen LogP contribution in [0.5, 0.6) is 17.2 Å². The summed E-state index contributed by atoms with van der Waals surface area (Å²) in [6, 6.07) is 13.2. The number of carbonyl (C=O) groups is 1. The fraction of sp³-hybridized carbons (Fsp3) is 0.278. The summed E-state index contributed by atoms with van der Waals surface area (Å²) < 4.78 is 16.7. The van der Waals surface area contributed by atoms with Crippen LogP contribution in [0.25, 0.3) is 0 Å². The molecule has 6 nitrogen and oxygen atoms in total. The Labute approximate surface area is 140 Å². The molecule has 1 aliphatic heterocycles. The number of amides is 2. The Balaban J connectivity index is 1.90. The Bertz CT molecular complexity index is 718. The van der Waals surface area contributed by atoms with Gasteiger partial charge in [-0.2, -0.15) is 0 Å². The average Bonchev–Trinajstić information content (AvgIpc) is 3.06. The Hall–Kier alpha value is -2.89. The lowest BCUT2D eigenvalue weighted by atomic mass is 10.1. The summed E-state index contributed by atoms with van der Waals surface area (Å²) in [6.07, 6.45) is 0. The number of urea groups is 1. The highest BCUT2D eigenvalue weighted by Gasteiger charge is 2.26. The molecule has 1 fully saturated rings. The molecule has 0 aromatic heterocycles. The fourth-order valence-electron chi connectivity index (χ4n) is 2.65. The van der Waals surface area contributed by atoms with E-state index < -0.39 is 0 Å². The van der Waals surface area contributed by atoms with Crippen LogP contribution in [-0.4, -0.2) is 26.8 Å². The molecular weight excluding hydrogens is 308 g/mol. The van der Waals surface area contributed by atoms with E-state index in [1.807, 2.05) is 36.4 Å². The van der Waals surface area contributed by atoms with Gasteiger partial charge in [0.1, 0.15) is 12.4 Å². The molecule has 2 amide bonds. The minimum atomic E-state index is -0.191. The van der Waals surface area contributed by atoms with Crippen molar-refractivity contribution in [3.8, 4) is 17.2 Å². The highest BCUT2D eigenvalue weighted by molar-refractivity contribution is 5.77. The number of ether oxygens (including phenoxy) is 3. The number of methoxy groups -OCH3 is 2. The van der Waals surface area contributed by atoms with Gasteiger partial charge in [-0.05, 0) is 11.6 Å². The lowest BCUT2D eigenvalue weighted by Gasteiger charge is -2.19. The van der Waals surface area contributed by atoms with E-state index in [1.54, 1.807) is 20.3 Å². The topological polar surface area (TPSA) is 68.8 Å². The Morgan fingerprint density at radius 3 is 2.38 bits per heavy atom. The van der Waals surface area contributed by atoms with E-state index in [-0.39, 0.29) is 12.1 Å². The van der Waals surface area contributed by atoms with E-state index in [9.17, 15) is 4.79 Å². The minimum absolute atomic E-state index is 0.178. The van der Waals surface area contributed by atoms with Crippen molar-refractivity contribution in [2.24, 2.45) is 0 Å². The van der Waals surface area contributed by atoms with Crippen molar-refractivity contribution >= 4 is 6.03 Å². The molecule has 0 unspecified atom stereocenters. The SMILES string of the molecule is COc1cc(OCc2ccccc2)c([C@@H]2CNC(=O)N2)cc1OC. The van der Waals surface area contributed by atoms with Crippen molar-refractivity contribution in [3.63, 3.8) is 0 Å². The predicted octanol–water partition coefficient (Wildman–Crippen LogP) is 2.64. The third-order valence-corrected chi connectivity index (χ3v) is 3.90. The van der Waals surface area contributed by atoms with Gasteiger partial charge in [0.15, 0.2) is 11.5 Å². The average molecular weight is 328 g/mol. The van der Waals surface area contributed by atoms with Crippen molar-refractivity contribution in [3.05, 3.63) is 53.6 Å². The first-order valence-electron chi connectivity index (χ1n) is 7.68. The van der Waals surface area contributed by atoms with Crippen LogP contribution in [0.3, 0.4) is 0 Å². The van der Waals surface area contributed by atoms with Gasteiger partial charge in [0.05, 0.1) is 20.3 Å². The maximum Gasteiger partial charge on any atom is 0.315 e. The number of nitrogens with one attached hydrogen (secondary N) is 2. The van der Waals surface area contributed by atoms with E-state index in [4.69, 9.17) is 14.2 Å². The molecular formula is C18H20N2O4. The Morgan fingerprint density at radius 2 is 1.75 bits per heavy atom. The van der Waals surface area contributed by atoms with Gasteiger partial charge in [-0.1, -0.05) is 30.3 Å². The van der Waals surface area contributed by atoms with Crippen LogP contribution in [0.4, 0.5) is 4.79 Å². The highest BCUT2D eigenvalue weighted by Crippen LogP contribution is 2.38. The standard InChI is InChI=1S/C18H20N2O4/c1-22-16-8-13(14-10-19-18(21)20-14)15(9-17(16)23-2)24-11-12-6-4-3-5-7-12/h3-9,14H,10-11H2,1-2H3,(H2,19,20,21)/t14-/m0/s1. The highest BCUT2D eigenvalue weighted by atomic mass is 16.5. The molecule has 3 rings (SSSR count). The Kier molecular flexibility index (Phi) is 4.74. The smallest absolute Gasteiger partial charge is 0.315 e. The molecule has 1 saturated heterocycles. The minimum Gasteiger partial charge on any atom is -0.493 e. The number of rotatable bonds is 6. The molecule has 0 bridgehead atoms. The van der Waals surface area contributed by atoms with Crippen LogP contribution >= 0.6 is 0 Å². The van der Waals surface area contributed by atoms with Crippen LogP contribution in [0.1, 0.15) is 17.2 Å². The van der Waals surface area contributed by atoms with Crippen LogP contribution < -0.4 is 24.8 Å². The van der Waals surface area contributed by atoms with Gasteiger partial charge in [0, 0.05) is 18.2 Å². The molecule has 126 valence electrons. The van der Waals surface area contributed by atoms with Crippen LogP contribution in [-0.2, 0) is 6.61 Å². The number of hydrogen-bond acceptors (Lipinski definition) is 4. The van der Waals surface area contributed by atoms with E-state index in [1.165, 1.54) is 0 Å².